The van der Waals surface area contributed by atoms with Crippen LogP contribution < -0.4 is 5.32 Å². The lowest BCUT2D eigenvalue weighted by Gasteiger charge is -2.16. The Hall–Kier alpha value is -1.61. The predicted octanol–water partition coefficient (Wildman–Crippen LogP) is 3.21. The lowest BCUT2D eigenvalue weighted by atomic mass is 10.1. The summed E-state index contributed by atoms with van der Waals surface area (Å²) in [6.07, 6.45) is 9.74. The zero-order chi connectivity index (χ0) is 13.8. The van der Waals surface area contributed by atoms with Gasteiger partial charge >= 0.3 is 0 Å². The third-order valence-corrected chi connectivity index (χ3v) is 4.15. The van der Waals surface area contributed by atoms with Gasteiger partial charge in [-0.1, -0.05) is 31.2 Å². The first-order valence-electron chi connectivity index (χ1n) is 7.62. The number of nitrogens with zero attached hydrogens (tertiary/aromatic N) is 2. The highest BCUT2D eigenvalue weighted by atomic mass is 15.0. The second kappa shape index (κ2) is 6.23. The fourth-order valence-electron chi connectivity index (χ4n) is 2.75. The number of aromatic nitrogens is 2. The van der Waals surface area contributed by atoms with Gasteiger partial charge in [-0.2, -0.15) is 0 Å². The van der Waals surface area contributed by atoms with Gasteiger partial charge in [-0.15, -0.1) is 0 Å². The fourth-order valence-corrected chi connectivity index (χ4v) is 2.75. The van der Waals surface area contributed by atoms with Gasteiger partial charge in [-0.05, 0) is 36.3 Å². The van der Waals surface area contributed by atoms with Crippen molar-refractivity contribution in [3.05, 3.63) is 54.1 Å². The van der Waals surface area contributed by atoms with Gasteiger partial charge in [0, 0.05) is 31.5 Å². The van der Waals surface area contributed by atoms with Crippen LogP contribution in [0.5, 0.6) is 0 Å². The molecule has 3 nitrogen and oxygen atoms in total. The largest absolute Gasteiger partial charge is 0.333 e. The number of hydrogen-bond acceptors (Lipinski definition) is 2. The molecular weight excluding hydrogens is 246 g/mol. The van der Waals surface area contributed by atoms with E-state index in [1.165, 1.54) is 30.4 Å². The van der Waals surface area contributed by atoms with Crippen molar-refractivity contribution in [2.24, 2.45) is 5.92 Å². The first kappa shape index (κ1) is 13.4. The van der Waals surface area contributed by atoms with Crippen LogP contribution in [0.3, 0.4) is 0 Å². The molecule has 0 saturated heterocycles. The molecule has 0 bridgehead atoms. The highest BCUT2D eigenvalue weighted by Gasteiger charge is 2.29. The molecule has 0 unspecified atom stereocenters. The van der Waals surface area contributed by atoms with Gasteiger partial charge in [0.25, 0.3) is 0 Å². The molecular formula is C17H23N3. The molecule has 1 atom stereocenters. The van der Waals surface area contributed by atoms with Crippen molar-refractivity contribution in [1.29, 1.82) is 0 Å². The molecule has 0 spiro atoms. The standard InChI is InChI=1S/C17H23N3/c1-2-17(16-7-8-16)19-11-14-3-5-15(6-4-14)12-20-10-9-18-13-20/h3-6,9-10,13,16-17,19H,2,7-8,11-12H2,1H3/t17-/m1/s1. The Bertz CT molecular complexity index is 512. The molecule has 1 fully saturated rings. The molecule has 1 N–H and O–H groups in total. The van der Waals surface area contributed by atoms with Crippen LogP contribution in [0.2, 0.25) is 0 Å². The number of imidazole rings is 1. The molecule has 3 rings (SSSR count). The van der Waals surface area contributed by atoms with E-state index in [0.717, 1.165) is 19.0 Å². The first-order chi connectivity index (χ1) is 9.85. The van der Waals surface area contributed by atoms with E-state index in [9.17, 15) is 0 Å². The Kier molecular flexibility index (Phi) is 4.16. The van der Waals surface area contributed by atoms with Gasteiger partial charge in [0.15, 0.2) is 0 Å². The molecule has 1 aliphatic carbocycles. The lowest BCUT2D eigenvalue weighted by molar-refractivity contribution is 0.449. The summed E-state index contributed by atoms with van der Waals surface area (Å²) in [7, 11) is 0. The van der Waals surface area contributed by atoms with Crippen LogP contribution in [0.25, 0.3) is 0 Å². The topological polar surface area (TPSA) is 29.9 Å². The number of nitrogens with one attached hydrogen (secondary N) is 1. The molecule has 1 aromatic carbocycles. The maximum absolute atomic E-state index is 4.07. The van der Waals surface area contributed by atoms with Gasteiger partial charge < -0.3 is 9.88 Å². The van der Waals surface area contributed by atoms with E-state index in [1.807, 2.05) is 18.7 Å². The predicted molar refractivity (Wildman–Crippen MR) is 81.4 cm³/mol. The van der Waals surface area contributed by atoms with Crippen LogP contribution in [0.1, 0.15) is 37.3 Å². The average molecular weight is 269 g/mol. The van der Waals surface area contributed by atoms with Crippen molar-refractivity contribution in [1.82, 2.24) is 14.9 Å². The summed E-state index contributed by atoms with van der Waals surface area (Å²) in [4.78, 5) is 4.07. The monoisotopic (exact) mass is 269 g/mol. The van der Waals surface area contributed by atoms with Crippen LogP contribution in [-0.4, -0.2) is 15.6 Å². The molecule has 0 radical (unpaired) electrons. The smallest absolute Gasteiger partial charge is 0.0949 e. The quantitative estimate of drug-likeness (QED) is 0.836. The van der Waals surface area contributed by atoms with Crippen molar-refractivity contribution in [3.63, 3.8) is 0 Å². The minimum Gasteiger partial charge on any atom is -0.333 e. The summed E-state index contributed by atoms with van der Waals surface area (Å²) in [5, 5.41) is 3.70. The summed E-state index contributed by atoms with van der Waals surface area (Å²) >= 11 is 0. The Morgan fingerprint density at radius 3 is 2.60 bits per heavy atom. The molecule has 0 aliphatic heterocycles. The molecule has 106 valence electrons. The molecule has 1 aliphatic rings. The normalized spacial score (nSPS) is 16.2. The van der Waals surface area contributed by atoms with Gasteiger partial charge in [0.1, 0.15) is 0 Å². The lowest BCUT2D eigenvalue weighted by Crippen LogP contribution is -2.29. The molecule has 3 heteroatoms. The highest BCUT2D eigenvalue weighted by Crippen LogP contribution is 2.33. The van der Waals surface area contributed by atoms with Crippen LogP contribution in [0.4, 0.5) is 0 Å². The number of benzene rings is 1. The SMILES string of the molecule is CC[C@@H](NCc1ccc(Cn2ccnc2)cc1)C1CC1. The average Bonchev–Trinajstić information content (AvgIpc) is 3.19. The van der Waals surface area contributed by atoms with Crippen LogP contribution in [0.15, 0.2) is 43.0 Å². The van der Waals surface area contributed by atoms with Gasteiger partial charge in [-0.25, -0.2) is 4.98 Å². The third kappa shape index (κ3) is 3.48. The highest BCUT2D eigenvalue weighted by molar-refractivity contribution is 5.22. The molecule has 1 heterocycles. The first-order valence-corrected chi connectivity index (χ1v) is 7.62. The molecule has 1 aromatic heterocycles. The van der Waals surface area contributed by atoms with Gasteiger partial charge in [0.05, 0.1) is 6.33 Å². The van der Waals surface area contributed by atoms with Crippen LogP contribution in [-0.2, 0) is 13.1 Å². The summed E-state index contributed by atoms with van der Waals surface area (Å²) in [5.41, 5.74) is 2.69. The molecule has 1 saturated carbocycles. The minimum atomic E-state index is 0.709. The Morgan fingerprint density at radius 2 is 2.00 bits per heavy atom. The van der Waals surface area contributed by atoms with Crippen molar-refractivity contribution in [3.8, 4) is 0 Å². The van der Waals surface area contributed by atoms with Crippen LogP contribution >= 0.6 is 0 Å². The number of hydrogen-bond donors (Lipinski definition) is 1. The van der Waals surface area contributed by atoms with E-state index < -0.39 is 0 Å². The van der Waals surface area contributed by atoms with Crippen molar-refractivity contribution in [2.75, 3.05) is 0 Å². The second-order valence-corrected chi connectivity index (χ2v) is 5.78. The van der Waals surface area contributed by atoms with Crippen molar-refractivity contribution < 1.29 is 0 Å². The zero-order valence-electron chi connectivity index (χ0n) is 12.1. The zero-order valence-corrected chi connectivity index (χ0v) is 12.1. The maximum atomic E-state index is 4.07. The molecule has 0 amide bonds. The van der Waals surface area contributed by atoms with E-state index in [-0.39, 0.29) is 0 Å². The third-order valence-electron chi connectivity index (χ3n) is 4.15. The maximum Gasteiger partial charge on any atom is 0.0949 e. The Balaban J connectivity index is 1.53. The fraction of sp³-hybridized carbons (Fsp3) is 0.471. The van der Waals surface area contributed by atoms with Crippen molar-refractivity contribution in [2.45, 2.75) is 45.3 Å². The summed E-state index contributed by atoms with van der Waals surface area (Å²) in [6, 6.07) is 9.61. The van der Waals surface area contributed by atoms with E-state index >= 15 is 0 Å². The van der Waals surface area contributed by atoms with Gasteiger partial charge in [0.2, 0.25) is 0 Å². The van der Waals surface area contributed by atoms with E-state index in [0.29, 0.717) is 6.04 Å². The van der Waals surface area contributed by atoms with E-state index in [1.54, 1.807) is 0 Å². The Labute approximate surface area is 121 Å². The minimum absolute atomic E-state index is 0.709. The summed E-state index contributed by atoms with van der Waals surface area (Å²) in [5.74, 6) is 0.931. The summed E-state index contributed by atoms with van der Waals surface area (Å²) in [6.45, 7) is 4.16. The number of rotatable bonds is 7. The van der Waals surface area contributed by atoms with E-state index in [4.69, 9.17) is 0 Å². The molecule has 2 aromatic rings. The molecule has 20 heavy (non-hydrogen) atoms. The van der Waals surface area contributed by atoms with Crippen LogP contribution in [0, 0.1) is 5.92 Å². The Morgan fingerprint density at radius 1 is 1.25 bits per heavy atom. The second-order valence-electron chi connectivity index (χ2n) is 5.78. The van der Waals surface area contributed by atoms with Gasteiger partial charge in [-0.3, -0.25) is 0 Å². The summed E-state index contributed by atoms with van der Waals surface area (Å²) < 4.78 is 2.09. The van der Waals surface area contributed by atoms with Crippen molar-refractivity contribution >= 4 is 0 Å². The van der Waals surface area contributed by atoms with E-state index in [2.05, 4.69) is 46.1 Å².